The minimum atomic E-state index is -0.178. The number of carbonyl (C=O) groups excluding carboxylic acids is 1. The predicted molar refractivity (Wildman–Crippen MR) is 59.1 cm³/mol. The van der Waals surface area contributed by atoms with Crippen LogP contribution in [0.3, 0.4) is 0 Å². The molecule has 0 N–H and O–H groups in total. The molecule has 0 aliphatic carbocycles. The molecular weight excluding hydrogens is 208 g/mol. The summed E-state index contributed by atoms with van der Waals surface area (Å²) in [6, 6.07) is 0. The van der Waals surface area contributed by atoms with Crippen LogP contribution in [0.4, 0.5) is 0 Å². The van der Waals surface area contributed by atoms with Crippen molar-refractivity contribution >= 4 is 5.91 Å². The molecule has 1 rings (SSSR count). The molecule has 0 aromatic carbocycles. The Morgan fingerprint density at radius 1 is 1.38 bits per heavy atom. The summed E-state index contributed by atoms with van der Waals surface area (Å²) in [5, 5.41) is 10.1. The lowest BCUT2D eigenvalue weighted by atomic mass is 10.3. The first-order valence-corrected chi connectivity index (χ1v) is 5.79. The highest BCUT2D eigenvalue weighted by Gasteiger charge is 2.19. The summed E-state index contributed by atoms with van der Waals surface area (Å²) in [6.07, 6.45) is 0.570. The molecule has 5 nitrogen and oxygen atoms in total. The minimum absolute atomic E-state index is 0.178. The molecule has 92 valence electrons. The lowest BCUT2D eigenvalue weighted by molar-refractivity contribution is -0.131. The number of hydrogen-bond acceptors (Lipinski definition) is 3. The van der Waals surface area contributed by atoms with Crippen LogP contribution >= 0.6 is 0 Å². The first-order valence-electron chi connectivity index (χ1n) is 5.79. The molecule has 0 atom stereocenters. The van der Waals surface area contributed by atoms with Crippen molar-refractivity contribution < 1.29 is 14.6 Å². The maximum atomic E-state index is 11.4. The molecule has 16 heavy (non-hydrogen) atoms. The van der Waals surface area contributed by atoms with Gasteiger partial charge >= 0.3 is 0 Å². The fourth-order valence-corrected chi connectivity index (χ4v) is 1.64. The third kappa shape index (κ3) is 4.47. The first kappa shape index (κ1) is 13.4. The second-order valence-electron chi connectivity index (χ2n) is 3.73. The van der Waals surface area contributed by atoms with E-state index in [4.69, 9.17) is 4.74 Å². The number of rotatable bonds is 6. The third-order valence-electron chi connectivity index (χ3n) is 2.62. The molecule has 0 spiro atoms. The lowest BCUT2D eigenvalue weighted by Crippen LogP contribution is -2.46. The Morgan fingerprint density at radius 2 is 2.19 bits per heavy atom. The molecule has 0 saturated carbocycles. The molecule has 5 heteroatoms. The summed E-state index contributed by atoms with van der Waals surface area (Å²) in [7, 11) is 0. The van der Waals surface area contributed by atoms with Gasteiger partial charge in [0.1, 0.15) is 6.61 Å². The summed E-state index contributed by atoms with van der Waals surface area (Å²) in [6.45, 7) is 7.72. The van der Waals surface area contributed by atoms with E-state index in [2.05, 4.69) is 4.90 Å². The normalized spacial score (nSPS) is 17.8. The second-order valence-corrected chi connectivity index (χ2v) is 3.73. The van der Waals surface area contributed by atoms with Crippen LogP contribution in [0.25, 0.3) is 0 Å². The third-order valence-corrected chi connectivity index (χ3v) is 2.62. The largest absolute Gasteiger partial charge is 0.378 e. The maximum Gasteiger partial charge on any atom is 0.222 e. The smallest absolute Gasteiger partial charge is 0.222 e. The summed E-state index contributed by atoms with van der Waals surface area (Å²) < 4.78 is 5.13. The monoisotopic (exact) mass is 228 g/mol. The Labute approximate surface area is 97.0 Å². The van der Waals surface area contributed by atoms with Crippen molar-refractivity contribution in [1.29, 1.82) is 0 Å². The number of ether oxygens (including phenoxy) is 1. The van der Waals surface area contributed by atoms with Crippen molar-refractivity contribution in [1.82, 2.24) is 9.80 Å². The van der Waals surface area contributed by atoms with Crippen molar-refractivity contribution in [3.8, 4) is 0 Å². The molecule has 1 heterocycles. The summed E-state index contributed by atoms with van der Waals surface area (Å²) in [4.78, 5) is 15.4. The van der Waals surface area contributed by atoms with Gasteiger partial charge in [-0.25, -0.2) is 5.11 Å². The van der Waals surface area contributed by atoms with Gasteiger partial charge in [0.2, 0.25) is 5.91 Å². The van der Waals surface area contributed by atoms with Crippen LogP contribution in [0.2, 0.25) is 0 Å². The fraction of sp³-hybridized carbons (Fsp3) is 0.818. The molecule has 1 fully saturated rings. The zero-order valence-electron chi connectivity index (χ0n) is 9.85. The topological polar surface area (TPSA) is 52.7 Å². The second kappa shape index (κ2) is 7.60. The number of nitrogens with zero attached hydrogens (tertiary/aromatic N) is 2. The first-order chi connectivity index (χ1) is 7.77. The molecule has 0 aromatic heterocycles. The highest BCUT2D eigenvalue weighted by molar-refractivity contribution is 5.76. The van der Waals surface area contributed by atoms with Crippen molar-refractivity contribution in [2.45, 2.75) is 13.3 Å². The summed E-state index contributed by atoms with van der Waals surface area (Å²) in [5.74, 6) is 0.207. The van der Waals surface area contributed by atoms with E-state index in [1.54, 1.807) is 0 Å². The van der Waals surface area contributed by atoms with E-state index in [0.29, 0.717) is 19.6 Å². The van der Waals surface area contributed by atoms with Crippen LogP contribution in [0, 0.1) is 6.54 Å². The van der Waals surface area contributed by atoms with E-state index in [1.165, 1.54) is 0 Å². The van der Waals surface area contributed by atoms with E-state index < -0.39 is 0 Å². The predicted octanol–water partition coefficient (Wildman–Crippen LogP) is 0.149. The molecule has 1 amide bonds. The van der Waals surface area contributed by atoms with E-state index in [1.807, 2.05) is 18.4 Å². The fourth-order valence-electron chi connectivity index (χ4n) is 1.64. The van der Waals surface area contributed by atoms with Gasteiger partial charge in [-0.1, -0.05) is 6.92 Å². The van der Waals surface area contributed by atoms with Gasteiger partial charge in [0.25, 0.3) is 0 Å². The van der Waals surface area contributed by atoms with Crippen molar-refractivity contribution in [2.24, 2.45) is 0 Å². The molecule has 0 aromatic rings. The van der Waals surface area contributed by atoms with Crippen molar-refractivity contribution in [3.05, 3.63) is 6.54 Å². The van der Waals surface area contributed by atoms with Crippen LogP contribution in [0.15, 0.2) is 0 Å². The zero-order valence-corrected chi connectivity index (χ0v) is 9.85. The molecular formula is C11H20N2O3. The summed E-state index contributed by atoms with van der Waals surface area (Å²) in [5.41, 5.74) is 0. The van der Waals surface area contributed by atoms with Gasteiger partial charge in [-0.3, -0.25) is 9.69 Å². The van der Waals surface area contributed by atoms with Gasteiger partial charge in [0.15, 0.2) is 0 Å². The van der Waals surface area contributed by atoms with Crippen molar-refractivity contribution in [3.63, 3.8) is 0 Å². The molecule has 2 radical (unpaired) electrons. The van der Waals surface area contributed by atoms with Crippen LogP contribution in [-0.4, -0.2) is 61.7 Å². The van der Waals surface area contributed by atoms with Gasteiger partial charge in [-0.05, 0) is 0 Å². The number of piperazine rings is 1. The van der Waals surface area contributed by atoms with E-state index >= 15 is 0 Å². The highest BCUT2D eigenvalue weighted by atomic mass is 16.5. The van der Waals surface area contributed by atoms with E-state index in [0.717, 1.165) is 19.6 Å². The van der Waals surface area contributed by atoms with Gasteiger partial charge in [-0.2, -0.15) is 0 Å². The van der Waals surface area contributed by atoms with Crippen LogP contribution in [-0.2, 0) is 14.6 Å². The standard InChI is InChI=1S/C11H20N2O3/c1-2-11(15)13-5-3-12(4-6-13)7-9-16-10-8-14/h3H,2,4-10H2,1H3. The highest BCUT2D eigenvalue weighted by Crippen LogP contribution is 2.06. The number of carbonyl (C=O) groups is 1. The minimum Gasteiger partial charge on any atom is -0.378 e. The lowest BCUT2D eigenvalue weighted by Gasteiger charge is -2.34. The van der Waals surface area contributed by atoms with E-state index in [-0.39, 0.29) is 19.1 Å². The molecule has 1 aliphatic rings. The van der Waals surface area contributed by atoms with Crippen LogP contribution in [0.5, 0.6) is 0 Å². The Kier molecular flexibility index (Phi) is 6.37. The van der Waals surface area contributed by atoms with Crippen LogP contribution in [0.1, 0.15) is 13.3 Å². The Hall–Kier alpha value is -0.650. The van der Waals surface area contributed by atoms with Gasteiger partial charge < -0.3 is 9.64 Å². The van der Waals surface area contributed by atoms with Gasteiger partial charge in [0, 0.05) is 39.1 Å². The average Bonchev–Trinajstić information content (AvgIpc) is 2.34. The van der Waals surface area contributed by atoms with E-state index in [9.17, 15) is 9.90 Å². The quantitative estimate of drug-likeness (QED) is 0.608. The average molecular weight is 228 g/mol. The van der Waals surface area contributed by atoms with Crippen molar-refractivity contribution in [2.75, 3.05) is 46.0 Å². The Bertz CT molecular complexity index is 203. The number of hydrogen-bond donors (Lipinski definition) is 0. The Morgan fingerprint density at radius 3 is 2.75 bits per heavy atom. The number of amides is 1. The Balaban J connectivity index is 2.10. The molecule has 0 bridgehead atoms. The molecule has 0 unspecified atom stereocenters. The molecule has 1 saturated heterocycles. The van der Waals surface area contributed by atoms with Crippen LogP contribution < -0.4 is 0 Å². The zero-order chi connectivity index (χ0) is 11.8. The van der Waals surface area contributed by atoms with Gasteiger partial charge in [0.05, 0.1) is 13.2 Å². The SMILES string of the molecule is CCC(=O)N1C[CH]N(CCOCC[O])CC1. The molecule has 1 aliphatic heterocycles. The summed E-state index contributed by atoms with van der Waals surface area (Å²) >= 11 is 0. The maximum absolute atomic E-state index is 11.4. The van der Waals surface area contributed by atoms with Gasteiger partial charge in [-0.15, -0.1) is 0 Å².